The average Bonchev–Trinajstić information content (AvgIpc) is 3.60. The molecule has 2 amide bonds. The molecule has 494 valence electrons. The Hall–Kier alpha value is -7.33. The number of nitrogens with zero attached hydrogens (tertiary/aromatic N) is 3. The lowest BCUT2D eigenvalue weighted by Crippen LogP contribution is -2.47. The summed E-state index contributed by atoms with van der Waals surface area (Å²) in [6, 6.07) is 19.9. The molecule has 5 unspecified atom stereocenters. The zero-order valence-electron chi connectivity index (χ0n) is 50.1. The Morgan fingerprint density at radius 1 is 0.511 bits per heavy atom. The molecule has 0 aliphatic rings. The van der Waals surface area contributed by atoms with Crippen molar-refractivity contribution in [1.29, 1.82) is 0 Å². The van der Waals surface area contributed by atoms with Crippen LogP contribution in [-0.2, 0) is 67.3 Å². The number of carboxylic acids is 3. The minimum Gasteiger partial charge on any atom is -0.480 e. The number of nitrogens with two attached hydrogens (primary N) is 6. The third kappa shape index (κ3) is 43.3. The Kier molecular flexibility index (Phi) is 43.5. The summed E-state index contributed by atoms with van der Waals surface area (Å²) >= 11 is -4.07. The number of carbonyl (C=O) groups is 5. The fourth-order valence-electron chi connectivity index (χ4n) is 7.46. The maximum atomic E-state index is 12.2. The van der Waals surface area contributed by atoms with E-state index in [4.69, 9.17) is 42.8 Å². The molecule has 0 saturated carbocycles. The first-order chi connectivity index (χ1) is 42.0. The summed E-state index contributed by atoms with van der Waals surface area (Å²) in [5.74, 6) is -3.54. The van der Waals surface area contributed by atoms with Crippen molar-refractivity contribution >= 4 is 80.2 Å². The fraction of sp³-hybridized carbons (Fsp3) is 0.536. The smallest absolute Gasteiger partial charge is 0.323 e. The van der Waals surface area contributed by atoms with Gasteiger partial charge in [0.25, 0.3) is 11.3 Å². The highest BCUT2D eigenvalue weighted by molar-refractivity contribution is 7.89. The minimum absolute atomic E-state index is 0.0277. The van der Waals surface area contributed by atoms with Gasteiger partial charge in [-0.05, 0) is 81.8 Å². The molecule has 0 radical (unpaired) electrons. The predicted octanol–water partition coefficient (Wildman–Crippen LogP) is 1.90. The van der Waals surface area contributed by atoms with E-state index in [1.807, 2.05) is 25.1 Å². The Morgan fingerprint density at radius 2 is 0.909 bits per heavy atom. The van der Waals surface area contributed by atoms with E-state index in [-0.39, 0.29) is 60.8 Å². The lowest BCUT2D eigenvalue weighted by molar-refractivity contribution is -0.140. The van der Waals surface area contributed by atoms with Gasteiger partial charge in [0, 0.05) is 52.1 Å². The third-order valence-corrected chi connectivity index (χ3v) is 15.3. The number of hydrogen-bond donors (Lipinski definition) is 15. The quantitative estimate of drug-likeness (QED) is 0.0218. The Balaban J connectivity index is 0.000000661. The molecule has 3 rings (SSSR count). The first kappa shape index (κ1) is 78.7. The monoisotopic (exact) mass is 1300 g/mol. The molecule has 0 bridgehead atoms. The number of unbranched alkanes of at least 4 members (excludes halogenated alkanes) is 13. The van der Waals surface area contributed by atoms with Crippen molar-refractivity contribution in [2.24, 2.45) is 49.4 Å². The highest BCUT2D eigenvalue weighted by Gasteiger charge is 2.26. The van der Waals surface area contributed by atoms with Crippen LogP contribution in [-0.4, -0.2) is 144 Å². The van der Waals surface area contributed by atoms with Gasteiger partial charge in [-0.1, -0.05) is 130 Å². The van der Waals surface area contributed by atoms with Crippen molar-refractivity contribution in [3.63, 3.8) is 0 Å². The number of sulfonamides is 1. The lowest BCUT2D eigenvalue weighted by Gasteiger charge is -2.15. The van der Waals surface area contributed by atoms with Crippen LogP contribution in [0.5, 0.6) is 5.75 Å². The fourth-order valence-corrected chi connectivity index (χ4v) is 10.2. The first-order valence-corrected chi connectivity index (χ1v) is 32.6. The number of carbonyl (C=O) groups excluding carboxylic acids is 2. The van der Waals surface area contributed by atoms with E-state index in [1.54, 1.807) is 54.6 Å². The molecule has 0 spiro atoms. The summed E-state index contributed by atoms with van der Waals surface area (Å²) < 4.78 is 65.6. The number of amides is 2. The summed E-state index contributed by atoms with van der Waals surface area (Å²) in [5, 5.41) is 35.9. The SMILES string of the molecule is Cc1ccc(OS(=O)NC(CNC(=O)CCCCCCCN=C(N)N)C(=O)O)cc1.NC(N)=NCCCCCCCC(=O)NCC(NS(=O)OCc1ccccc1)C(=O)O.NC(N)=NCCCCCCCCNCC(NS(=O)(=O)c1ccccc1)C(=O)O. The molecule has 3 aromatic rings. The van der Waals surface area contributed by atoms with Gasteiger partial charge in [-0.3, -0.25) is 43.1 Å². The van der Waals surface area contributed by atoms with Crippen molar-refractivity contribution < 1.29 is 64.5 Å². The summed E-state index contributed by atoms with van der Waals surface area (Å²) in [7, 11) is -3.87. The normalized spacial score (nSPS) is 12.6. The summed E-state index contributed by atoms with van der Waals surface area (Å²) in [5.41, 5.74) is 33.3. The number of rotatable bonds is 46. The van der Waals surface area contributed by atoms with Gasteiger partial charge in [-0.25, -0.2) is 12.6 Å². The maximum Gasteiger partial charge on any atom is 0.323 e. The van der Waals surface area contributed by atoms with Crippen LogP contribution in [0.4, 0.5) is 0 Å². The third-order valence-electron chi connectivity index (χ3n) is 12.2. The van der Waals surface area contributed by atoms with E-state index >= 15 is 0 Å². The molecule has 32 heteroatoms. The molecule has 0 aliphatic heterocycles. The standard InChI is InChI=1S/2C19H31N5O5S.C18H31N5O4S/c1-14-8-10-15(11-9-14)29-30(28)24-16(18(26)27)13-23-17(25)7-5-3-2-4-6-12-22-19(20)21;20-19(21)22-12-8-3-1-2-7-11-17(25)23-13-16(18(26)27)24-30(28)29-14-15-9-5-4-6-10-15;19-18(20)22-13-9-4-2-1-3-8-12-21-14-16(17(24)25)23-28(26,27)15-10-6-5-7-11-15/h8-11,16,24H,2-7,12-13H2,1H3,(H,23,25)(H,26,27)(H4,20,21,22);4-6,9-10,16,24H,1-3,7-8,11-14H2,(H,23,25)(H,26,27)(H4,20,21,22);5-7,10-11,16,21,23H,1-4,8-9,12-14H2,(H,24,25)(H4,19,20,22). The number of nitrogens with one attached hydrogen (secondary N) is 6. The zero-order chi connectivity index (χ0) is 65.4. The maximum absolute atomic E-state index is 12.2. The van der Waals surface area contributed by atoms with E-state index in [1.165, 1.54) is 12.1 Å². The van der Waals surface area contributed by atoms with E-state index in [9.17, 15) is 56.1 Å². The molecule has 0 aliphatic carbocycles. The number of aliphatic imine (C=N–C) groups is 3. The average molecular weight is 1300 g/mol. The molecule has 0 heterocycles. The van der Waals surface area contributed by atoms with Gasteiger partial charge in [0.05, 0.1) is 11.5 Å². The van der Waals surface area contributed by atoms with E-state index in [2.05, 4.69) is 45.1 Å². The molecule has 0 fully saturated rings. The Morgan fingerprint density at radius 3 is 1.34 bits per heavy atom. The van der Waals surface area contributed by atoms with Gasteiger partial charge in [0.2, 0.25) is 33.1 Å². The highest BCUT2D eigenvalue weighted by atomic mass is 32.2. The molecular weight excluding hydrogens is 1200 g/mol. The van der Waals surface area contributed by atoms with Gasteiger partial charge in [-0.15, -0.1) is 0 Å². The molecule has 0 aromatic heterocycles. The summed E-state index contributed by atoms with van der Waals surface area (Å²) in [6.45, 7) is 4.10. The molecule has 0 saturated heterocycles. The Labute approximate surface area is 521 Å². The van der Waals surface area contributed by atoms with Crippen molar-refractivity contribution in [1.82, 2.24) is 30.1 Å². The van der Waals surface area contributed by atoms with Crippen molar-refractivity contribution in [3.05, 3.63) is 96.1 Å². The minimum atomic E-state index is -3.87. The number of hydrogen-bond acceptors (Lipinski definition) is 15. The zero-order valence-corrected chi connectivity index (χ0v) is 52.5. The highest BCUT2D eigenvalue weighted by Crippen LogP contribution is 2.13. The molecule has 21 N–H and O–H groups in total. The topological polar surface area (TPSA) is 498 Å². The number of aryl methyl sites for hydroxylation is 1. The second-order valence-electron chi connectivity index (χ2n) is 19.8. The summed E-state index contributed by atoms with van der Waals surface area (Å²) in [6.07, 6.45) is 15.5. The number of guanidine groups is 3. The molecule has 3 aromatic carbocycles. The van der Waals surface area contributed by atoms with Crippen molar-refractivity contribution in [2.75, 3.05) is 45.8 Å². The first-order valence-electron chi connectivity index (χ1n) is 28.9. The van der Waals surface area contributed by atoms with Gasteiger partial charge in [0.1, 0.15) is 23.9 Å². The van der Waals surface area contributed by atoms with Crippen LogP contribution >= 0.6 is 0 Å². The van der Waals surface area contributed by atoms with E-state index in [0.29, 0.717) is 57.6 Å². The van der Waals surface area contributed by atoms with Crippen LogP contribution in [0.3, 0.4) is 0 Å². The summed E-state index contributed by atoms with van der Waals surface area (Å²) in [4.78, 5) is 69.6. The van der Waals surface area contributed by atoms with Crippen LogP contribution in [0.2, 0.25) is 0 Å². The van der Waals surface area contributed by atoms with Crippen molar-refractivity contribution in [2.45, 2.75) is 152 Å². The van der Waals surface area contributed by atoms with Gasteiger partial charge >= 0.3 is 17.9 Å². The van der Waals surface area contributed by atoms with Gasteiger partial charge < -0.3 is 69.9 Å². The lowest BCUT2D eigenvalue weighted by atomic mass is 10.1. The number of carboxylic acid groups (broad SMARTS) is 3. The molecule has 29 nitrogen and oxygen atoms in total. The number of benzene rings is 3. The van der Waals surface area contributed by atoms with Crippen LogP contribution < -0.4 is 68.7 Å². The number of aliphatic carboxylic acids is 3. The van der Waals surface area contributed by atoms with E-state index in [0.717, 1.165) is 101 Å². The van der Waals surface area contributed by atoms with Crippen molar-refractivity contribution in [3.8, 4) is 5.75 Å². The second kappa shape index (κ2) is 48.7. The second-order valence-corrected chi connectivity index (χ2v) is 23.4. The largest absolute Gasteiger partial charge is 0.480 e. The molecule has 5 atom stereocenters. The van der Waals surface area contributed by atoms with Crippen LogP contribution in [0.15, 0.2) is 105 Å². The predicted molar refractivity (Wildman–Crippen MR) is 341 cm³/mol. The van der Waals surface area contributed by atoms with Gasteiger partial charge in [0.15, 0.2) is 17.9 Å². The van der Waals surface area contributed by atoms with Crippen LogP contribution in [0.1, 0.15) is 127 Å². The molecule has 88 heavy (non-hydrogen) atoms. The van der Waals surface area contributed by atoms with Gasteiger partial charge in [-0.2, -0.15) is 18.4 Å². The molecular formula is C56H93N15O14S3. The van der Waals surface area contributed by atoms with Crippen LogP contribution in [0.25, 0.3) is 0 Å². The Bertz CT molecular complexity index is 2710. The van der Waals surface area contributed by atoms with E-state index < -0.39 is 68.6 Å². The van der Waals surface area contributed by atoms with Crippen LogP contribution in [0, 0.1) is 6.92 Å².